The molecule has 0 radical (unpaired) electrons. The van der Waals surface area contributed by atoms with E-state index in [0.717, 1.165) is 37.0 Å². The van der Waals surface area contributed by atoms with Gasteiger partial charge in [-0.1, -0.05) is 20.8 Å². The molecule has 0 saturated heterocycles. The maximum Gasteiger partial charge on any atom is 0.100 e. The zero-order valence-corrected chi connectivity index (χ0v) is 14.5. The Kier molecular flexibility index (Phi) is 3.46. The number of aliphatic hydroxyl groups excluding tert-OH is 1. The van der Waals surface area contributed by atoms with Crippen molar-refractivity contribution in [3.8, 4) is 0 Å². The van der Waals surface area contributed by atoms with Crippen LogP contribution in [0.15, 0.2) is 0 Å². The van der Waals surface area contributed by atoms with Gasteiger partial charge in [0.05, 0.1) is 6.10 Å². The third-order valence-electron chi connectivity index (χ3n) is 8.44. The Morgan fingerprint density at radius 1 is 0.909 bits per heavy atom. The van der Waals surface area contributed by atoms with Crippen LogP contribution in [0.5, 0.6) is 0 Å². The van der Waals surface area contributed by atoms with Crippen LogP contribution in [0.25, 0.3) is 0 Å². The molecule has 22 heavy (non-hydrogen) atoms. The van der Waals surface area contributed by atoms with Gasteiger partial charge in [-0.25, -0.2) is 4.39 Å². The summed E-state index contributed by atoms with van der Waals surface area (Å²) in [6.45, 7) is 6.88. The highest BCUT2D eigenvalue weighted by molar-refractivity contribution is 5.11. The van der Waals surface area contributed by atoms with Crippen molar-refractivity contribution in [2.75, 3.05) is 0 Å². The van der Waals surface area contributed by atoms with Crippen molar-refractivity contribution in [2.24, 2.45) is 40.4 Å². The van der Waals surface area contributed by atoms with E-state index in [-0.39, 0.29) is 16.9 Å². The SMILES string of the molecule is CC1(C)CC2C3CCC4CC(F)CCC4C3CC[C@]2(C)[C@H]1O. The average Bonchev–Trinajstić information content (AvgIpc) is 2.66. The molecule has 4 fully saturated rings. The number of aliphatic hydroxyl groups is 1. The van der Waals surface area contributed by atoms with Gasteiger partial charge in [0.15, 0.2) is 0 Å². The lowest BCUT2D eigenvalue weighted by Crippen LogP contribution is -2.50. The van der Waals surface area contributed by atoms with Gasteiger partial charge in [-0.15, -0.1) is 0 Å². The first-order chi connectivity index (χ1) is 10.3. The van der Waals surface area contributed by atoms with E-state index in [4.69, 9.17) is 0 Å². The second kappa shape index (κ2) is 4.94. The number of halogens is 1. The molecule has 0 aromatic heterocycles. The summed E-state index contributed by atoms with van der Waals surface area (Å²) in [6.07, 6.45) is 8.29. The number of alkyl halides is 1. The molecule has 1 N–H and O–H groups in total. The zero-order chi connectivity index (χ0) is 15.7. The summed E-state index contributed by atoms with van der Waals surface area (Å²) in [5, 5.41) is 10.9. The average molecular weight is 308 g/mol. The molecule has 4 rings (SSSR count). The van der Waals surface area contributed by atoms with Gasteiger partial charge in [-0.05, 0) is 91.8 Å². The summed E-state index contributed by atoms with van der Waals surface area (Å²) in [7, 11) is 0. The summed E-state index contributed by atoms with van der Waals surface area (Å²) in [5.41, 5.74) is 0.205. The van der Waals surface area contributed by atoms with Crippen molar-refractivity contribution in [1.82, 2.24) is 0 Å². The highest BCUT2D eigenvalue weighted by atomic mass is 19.1. The van der Waals surface area contributed by atoms with Gasteiger partial charge in [0, 0.05) is 0 Å². The van der Waals surface area contributed by atoms with E-state index >= 15 is 0 Å². The van der Waals surface area contributed by atoms with Crippen molar-refractivity contribution >= 4 is 0 Å². The first kappa shape index (κ1) is 15.4. The summed E-state index contributed by atoms with van der Waals surface area (Å²) in [4.78, 5) is 0. The van der Waals surface area contributed by atoms with Gasteiger partial charge in [-0.3, -0.25) is 0 Å². The summed E-state index contributed by atoms with van der Waals surface area (Å²) >= 11 is 0. The molecule has 0 spiro atoms. The molecule has 0 bridgehead atoms. The van der Waals surface area contributed by atoms with Crippen LogP contribution in [0.2, 0.25) is 0 Å². The first-order valence-corrected chi connectivity index (χ1v) is 9.65. The van der Waals surface area contributed by atoms with E-state index < -0.39 is 6.17 Å². The van der Waals surface area contributed by atoms with Crippen LogP contribution in [0.4, 0.5) is 4.39 Å². The Hall–Kier alpha value is -0.110. The molecular weight excluding hydrogens is 275 g/mol. The predicted octanol–water partition coefficient (Wildman–Crippen LogP) is 4.97. The van der Waals surface area contributed by atoms with E-state index in [1.54, 1.807) is 0 Å². The van der Waals surface area contributed by atoms with Crippen molar-refractivity contribution < 1.29 is 9.50 Å². The minimum Gasteiger partial charge on any atom is -0.392 e. The molecular formula is C20H33FO. The molecule has 0 aliphatic heterocycles. The van der Waals surface area contributed by atoms with Crippen molar-refractivity contribution in [3.63, 3.8) is 0 Å². The van der Waals surface area contributed by atoms with Crippen molar-refractivity contribution in [2.45, 2.75) is 84.4 Å². The van der Waals surface area contributed by atoms with Gasteiger partial charge >= 0.3 is 0 Å². The summed E-state index contributed by atoms with van der Waals surface area (Å²) in [6, 6.07) is 0. The molecule has 0 aromatic rings. The number of rotatable bonds is 0. The Bertz CT molecular complexity index is 447. The molecule has 1 nitrogen and oxygen atoms in total. The number of fused-ring (bicyclic) bond motifs is 5. The van der Waals surface area contributed by atoms with Crippen LogP contribution in [0, 0.1) is 40.4 Å². The standard InChI is InChI=1S/C20H33FO/c1-19(2)11-17-16-6-4-12-10-13(21)5-7-14(12)15(16)8-9-20(17,3)18(19)22/h12-18,22H,4-11H2,1-3H3/t12?,13?,14?,15?,16?,17?,18-,20-/m0/s1. The van der Waals surface area contributed by atoms with Crippen LogP contribution in [0.3, 0.4) is 0 Å². The van der Waals surface area contributed by atoms with Crippen LogP contribution < -0.4 is 0 Å². The first-order valence-electron chi connectivity index (χ1n) is 9.65. The van der Waals surface area contributed by atoms with E-state index in [1.807, 2.05) is 0 Å². The quantitative estimate of drug-likeness (QED) is 0.669. The monoisotopic (exact) mass is 308 g/mol. The zero-order valence-electron chi connectivity index (χ0n) is 14.5. The van der Waals surface area contributed by atoms with Crippen LogP contribution >= 0.6 is 0 Å². The minimum atomic E-state index is -0.529. The van der Waals surface area contributed by atoms with Crippen LogP contribution in [-0.2, 0) is 0 Å². The van der Waals surface area contributed by atoms with Crippen LogP contribution in [-0.4, -0.2) is 17.4 Å². The second-order valence-corrected chi connectivity index (χ2v) is 9.99. The molecule has 4 aliphatic carbocycles. The normalized spacial score (nSPS) is 56.9. The number of hydrogen-bond acceptors (Lipinski definition) is 1. The van der Waals surface area contributed by atoms with Gasteiger partial charge in [0.1, 0.15) is 6.17 Å². The van der Waals surface area contributed by atoms with Gasteiger partial charge in [0.25, 0.3) is 0 Å². The topological polar surface area (TPSA) is 20.2 Å². The van der Waals surface area contributed by atoms with Gasteiger partial charge in [-0.2, -0.15) is 0 Å². The molecule has 8 atom stereocenters. The summed E-state index contributed by atoms with van der Waals surface area (Å²) in [5.74, 6) is 3.77. The molecule has 6 unspecified atom stereocenters. The third-order valence-corrected chi connectivity index (χ3v) is 8.44. The van der Waals surface area contributed by atoms with Crippen molar-refractivity contribution in [1.29, 1.82) is 0 Å². The third kappa shape index (κ3) is 2.05. The molecule has 4 saturated carbocycles. The molecule has 2 heteroatoms. The fourth-order valence-corrected chi connectivity index (χ4v) is 7.44. The molecule has 4 aliphatic rings. The predicted molar refractivity (Wildman–Crippen MR) is 87.2 cm³/mol. The van der Waals surface area contributed by atoms with Gasteiger partial charge < -0.3 is 5.11 Å². The largest absolute Gasteiger partial charge is 0.392 e. The summed E-state index contributed by atoms with van der Waals surface area (Å²) < 4.78 is 13.8. The Morgan fingerprint density at radius 2 is 1.64 bits per heavy atom. The lowest BCUT2D eigenvalue weighted by molar-refractivity contribution is -0.0930. The van der Waals surface area contributed by atoms with Crippen molar-refractivity contribution in [3.05, 3.63) is 0 Å². The highest BCUT2D eigenvalue weighted by Gasteiger charge is 2.61. The van der Waals surface area contributed by atoms with E-state index in [1.165, 1.54) is 32.1 Å². The smallest absolute Gasteiger partial charge is 0.100 e. The fourth-order valence-electron chi connectivity index (χ4n) is 7.44. The minimum absolute atomic E-state index is 0.0712. The lowest BCUT2D eigenvalue weighted by atomic mass is 9.50. The molecule has 0 heterocycles. The fraction of sp³-hybridized carbons (Fsp3) is 1.00. The number of hydrogen-bond donors (Lipinski definition) is 1. The van der Waals surface area contributed by atoms with E-state index in [0.29, 0.717) is 11.8 Å². The molecule has 0 amide bonds. The Labute approximate surface area is 135 Å². The Morgan fingerprint density at radius 3 is 2.41 bits per heavy atom. The highest BCUT2D eigenvalue weighted by Crippen LogP contribution is 2.66. The lowest BCUT2D eigenvalue weighted by Gasteiger charge is -2.55. The van der Waals surface area contributed by atoms with E-state index in [9.17, 15) is 9.50 Å². The maximum absolute atomic E-state index is 13.8. The van der Waals surface area contributed by atoms with Crippen LogP contribution in [0.1, 0.15) is 72.1 Å². The Balaban J connectivity index is 1.60. The molecule has 0 aromatic carbocycles. The maximum atomic E-state index is 13.8. The van der Waals surface area contributed by atoms with Gasteiger partial charge in [0.2, 0.25) is 0 Å². The van der Waals surface area contributed by atoms with E-state index in [2.05, 4.69) is 20.8 Å². The molecule has 126 valence electrons. The second-order valence-electron chi connectivity index (χ2n) is 9.99.